The van der Waals surface area contributed by atoms with E-state index in [0.29, 0.717) is 10.7 Å². The predicted octanol–water partition coefficient (Wildman–Crippen LogP) is 3.05. The van der Waals surface area contributed by atoms with Crippen molar-refractivity contribution in [2.45, 2.75) is 0 Å². The Hall–Kier alpha value is -2.05. The van der Waals surface area contributed by atoms with Crippen molar-refractivity contribution in [2.24, 2.45) is 0 Å². The number of ether oxygens (including phenoxy) is 2. The number of methoxy groups -OCH3 is 2. The lowest BCUT2D eigenvalue weighted by Gasteiger charge is -2.10. The standard InChI is InChI=1S/C13H11Cl2N3O3/c1-20-12-10(6-16-13(18-12)21-2)17-11(19)8-4-3-7(14)5-9(8)15/h3-6H,1-2H3,(H,17,19). The number of nitrogens with one attached hydrogen (secondary N) is 1. The summed E-state index contributed by atoms with van der Waals surface area (Å²) < 4.78 is 9.96. The van der Waals surface area contributed by atoms with E-state index in [4.69, 9.17) is 32.7 Å². The van der Waals surface area contributed by atoms with Gasteiger partial charge in [-0.2, -0.15) is 4.98 Å². The van der Waals surface area contributed by atoms with Crippen molar-refractivity contribution < 1.29 is 14.3 Å². The summed E-state index contributed by atoms with van der Waals surface area (Å²) in [7, 11) is 2.85. The molecule has 0 fully saturated rings. The van der Waals surface area contributed by atoms with Crippen molar-refractivity contribution in [1.29, 1.82) is 0 Å². The van der Waals surface area contributed by atoms with Gasteiger partial charge in [-0.3, -0.25) is 4.79 Å². The monoisotopic (exact) mass is 327 g/mol. The molecule has 0 atom stereocenters. The lowest BCUT2D eigenvalue weighted by molar-refractivity contribution is 0.102. The summed E-state index contributed by atoms with van der Waals surface area (Å²) in [6, 6.07) is 4.72. The number of anilines is 1. The zero-order chi connectivity index (χ0) is 15.4. The highest BCUT2D eigenvalue weighted by atomic mass is 35.5. The quantitative estimate of drug-likeness (QED) is 0.934. The molecule has 2 aromatic rings. The van der Waals surface area contributed by atoms with Crippen LogP contribution in [0.5, 0.6) is 11.9 Å². The third-order valence-corrected chi connectivity index (χ3v) is 3.08. The van der Waals surface area contributed by atoms with Crippen molar-refractivity contribution in [2.75, 3.05) is 19.5 Å². The number of aromatic nitrogens is 2. The first kappa shape index (κ1) is 15.3. The smallest absolute Gasteiger partial charge is 0.319 e. The predicted molar refractivity (Wildman–Crippen MR) is 79.6 cm³/mol. The molecule has 2 rings (SSSR count). The summed E-state index contributed by atoms with van der Waals surface area (Å²) in [5.74, 6) is -0.246. The molecule has 1 amide bonds. The van der Waals surface area contributed by atoms with Crippen molar-refractivity contribution in [3.63, 3.8) is 0 Å². The average Bonchev–Trinajstić information content (AvgIpc) is 2.47. The Morgan fingerprint density at radius 1 is 1.24 bits per heavy atom. The Bertz CT molecular complexity index is 680. The third-order valence-electron chi connectivity index (χ3n) is 2.53. The van der Waals surface area contributed by atoms with Gasteiger partial charge in [0.2, 0.25) is 5.88 Å². The first-order valence-corrected chi connectivity index (χ1v) is 6.52. The van der Waals surface area contributed by atoms with Gasteiger partial charge in [-0.15, -0.1) is 0 Å². The molecule has 1 aromatic carbocycles. The molecule has 0 aliphatic rings. The largest absolute Gasteiger partial charge is 0.479 e. The van der Waals surface area contributed by atoms with Gasteiger partial charge in [-0.05, 0) is 18.2 Å². The minimum absolute atomic E-state index is 0.134. The van der Waals surface area contributed by atoms with Crippen LogP contribution in [-0.4, -0.2) is 30.1 Å². The van der Waals surface area contributed by atoms with Crippen LogP contribution in [0.15, 0.2) is 24.4 Å². The lowest BCUT2D eigenvalue weighted by Crippen LogP contribution is -2.14. The van der Waals surface area contributed by atoms with Crippen LogP contribution in [0.2, 0.25) is 10.0 Å². The lowest BCUT2D eigenvalue weighted by atomic mass is 10.2. The zero-order valence-corrected chi connectivity index (χ0v) is 12.7. The maximum Gasteiger partial charge on any atom is 0.319 e. The van der Waals surface area contributed by atoms with Gasteiger partial charge in [0, 0.05) is 5.02 Å². The summed E-state index contributed by atoms with van der Waals surface area (Å²) in [6.07, 6.45) is 1.38. The highest BCUT2D eigenvalue weighted by Crippen LogP contribution is 2.25. The molecule has 0 spiro atoms. The highest BCUT2D eigenvalue weighted by Gasteiger charge is 2.15. The Labute approximate surface area is 131 Å². The van der Waals surface area contributed by atoms with Crippen LogP contribution in [0.25, 0.3) is 0 Å². The van der Waals surface area contributed by atoms with Gasteiger partial charge in [0.1, 0.15) is 5.69 Å². The van der Waals surface area contributed by atoms with E-state index in [2.05, 4.69) is 15.3 Å². The molecule has 1 aromatic heterocycles. The van der Waals surface area contributed by atoms with E-state index in [1.807, 2.05) is 0 Å². The molecule has 6 nitrogen and oxygen atoms in total. The van der Waals surface area contributed by atoms with E-state index in [9.17, 15) is 4.79 Å². The molecule has 1 N–H and O–H groups in total. The number of halogens is 2. The molecule has 1 heterocycles. The number of benzene rings is 1. The summed E-state index contributed by atoms with van der Waals surface area (Å²) in [5.41, 5.74) is 0.577. The topological polar surface area (TPSA) is 73.3 Å². The summed E-state index contributed by atoms with van der Waals surface area (Å²) in [5, 5.41) is 3.31. The minimum Gasteiger partial charge on any atom is -0.479 e. The second-order valence-corrected chi connectivity index (χ2v) is 4.70. The Morgan fingerprint density at radius 3 is 2.62 bits per heavy atom. The summed E-state index contributed by atoms with van der Waals surface area (Å²) >= 11 is 11.8. The van der Waals surface area contributed by atoms with Gasteiger partial charge >= 0.3 is 6.01 Å². The summed E-state index contributed by atoms with van der Waals surface area (Å²) in [4.78, 5) is 20.1. The van der Waals surface area contributed by atoms with Gasteiger partial charge in [-0.1, -0.05) is 23.2 Å². The van der Waals surface area contributed by atoms with E-state index in [0.717, 1.165) is 0 Å². The molecular weight excluding hydrogens is 317 g/mol. The van der Waals surface area contributed by atoms with E-state index in [1.54, 1.807) is 6.07 Å². The molecule has 0 saturated heterocycles. The fraction of sp³-hybridized carbons (Fsp3) is 0.154. The van der Waals surface area contributed by atoms with E-state index in [-0.39, 0.29) is 22.5 Å². The van der Waals surface area contributed by atoms with Crippen LogP contribution in [0.4, 0.5) is 5.69 Å². The number of amides is 1. The van der Waals surface area contributed by atoms with E-state index in [1.165, 1.54) is 32.5 Å². The minimum atomic E-state index is -0.427. The van der Waals surface area contributed by atoms with Gasteiger partial charge in [0.15, 0.2) is 0 Å². The fourth-order valence-corrected chi connectivity index (χ4v) is 2.05. The van der Waals surface area contributed by atoms with Crippen LogP contribution in [0, 0.1) is 0 Å². The Kier molecular flexibility index (Phi) is 4.82. The van der Waals surface area contributed by atoms with Gasteiger partial charge in [0.05, 0.1) is 31.0 Å². The first-order chi connectivity index (χ1) is 10.0. The van der Waals surface area contributed by atoms with Crippen molar-refractivity contribution in [3.05, 3.63) is 40.0 Å². The fourth-order valence-electron chi connectivity index (χ4n) is 1.55. The number of hydrogen-bond acceptors (Lipinski definition) is 5. The molecule has 21 heavy (non-hydrogen) atoms. The average molecular weight is 328 g/mol. The van der Waals surface area contributed by atoms with Crippen molar-refractivity contribution in [3.8, 4) is 11.9 Å². The maximum atomic E-state index is 12.2. The van der Waals surface area contributed by atoms with Crippen LogP contribution >= 0.6 is 23.2 Å². The van der Waals surface area contributed by atoms with E-state index < -0.39 is 5.91 Å². The van der Waals surface area contributed by atoms with Crippen LogP contribution in [-0.2, 0) is 0 Å². The SMILES string of the molecule is COc1ncc(NC(=O)c2ccc(Cl)cc2Cl)c(OC)n1. The van der Waals surface area contributed by atoms with Crippen molar-refractivity contribution in [1.82, 2.24) is 9.97 Å². The molecule has 110 valence electrons. The Balaban J connectivity index is 2.27. The van der Waals surface area contributed by atoms with Gasteiger partial charge < -0.3 is 14.8 Å². The molecule has 0 unspecified atom stereocenters. The molecule has 8 heteroatoms. The summed E-state index contributed by atoms with van der Waals surface area (Å²) in [6.45, 7) is 0. The molecule has 0 saturated carbocycles. The van der Waals surface area contributed by atoms with Crippen LogP contribution in [0.1, 0.15) is 10.4 Å². The molecule has 0 aliphatic carbocycles. The Morgan fingerprint density at radius 2 is 2.00 bits per heavy atom. The maximum absolute atomic E-state index is 12.2. The van der Waals surface area contributed by atoms with E-state index >= 15 is 0 Å². The number of nitrogens with zero attached hydrogens (tertiary/aromatic N) is 2. The molecule has 0 bridgehead atoms. The number of carbonyl (C=O) groups is 1. The highest BCUT2D eigenvalue weighted by molar-refractivity contribution is 6.37. The zero-order valence-electron chi connectivity index (χ0n) is 11.2. The van der Waals surface area contributed by atoms with Gasteiger partial charge in [-0.25, -0.2) is 4.98 Å². The molecular formula is C13H11Cl2N3O3. The number of hydrogen-bond donors (Lipinski definition) is 1. The van der Waals surface area contributed by atoms with Crippen molar-refractivity contribution >= 4 is 34.8 Å². The van der Waals surface area contributed by atoms with Crippen LogP contribution in [0.3, 0.4) is 0 Å². The second kappa shape index (κ2) is 6.60. The number of carbonyl (C=O) groups excluding carboxylic acids is 1. The second-order valence-electron chi connectivity index (χ2n) is 3.86. The molecule has 0 radical (unpaired) electrons. The van der Waals surface area contributed by atoms with Crippen LogP contribution < -0.4 is 14.8 Å². The third kappa shape index (κ3) is 3.53. The molecule has 0 aliphatic heterocycles. The first-order valence-electron chi connectivity index (χ1n) is 5.76. The number of rotatable bonds is 4. The van der Waals surface area contributed by atoms with Gasteiger partial charge in [0.25, 0.3) is 5.91 Å². The normalized spacial score (nSPS) is 10.1.